The topological polar surface area (TPSA) is 43.8 Å². The number of carbonyl (C=O) groups excluding carboxylic acids is 1. The molecule has 3 heterocycles. The van der Waals surface area contributed by atoms with Crippen molar-refractivity contribution < 1.29 is 18.7 Å². The van der Waals surface area contributed by atoms with Crippen molar-refractivity contribution in [2.24, 2.45) is 11.8 Å². The van der Waals surface area contributed by atoms with E-state index >= 15 is 0 Å². The molecule has 0 aliphatic carbocycles. The molecule has 0 saturated carbocycles. The number of halogens is 2. The molecule has 0 aromatic carbocycles. The zero-order valence-corrected chi connectivity index (χ0v) is 16.1. The number of piperidine rings is 1. The molecule has 3 atom stereocenters. The van der Waals surface area contributed by atoms with Gasteiger partial charge in [-0.1, -0.05) is 19.4 Å². The van der Waals surface area contributed by atoms with Gasteiger partial charge in [-0.3, -0.25) is 4.79 Å². The number of aliphatic hydroxyl groups excluding tert-OH is 1. The molecular weight excluding hydrogens is 358 g/mol. The van der Waals surface area contributed by atoms with E-state index in [2.05, 4.69) is 11.8 Å². The zero-order valence-electron chi connectivity index (χ0n) is 15.2. The fourth-order valence-electron chi connectivity index (χ4n) is 4.32. The highest BCUT2D eigenvalue weighted by Gasteiger charge is 2.44. The van der Waals surface area contributed by atoms with Crippen LogP contribution in [0, 0.1) is 11.8 Å². The summed E-state index contributed by atoms with van der Waals surface area (Å²) in [6.07, 6.45) is 1.10. The number of likely N-dealkylation sites (tertiary alicyclic amines) is 2. The predicted molar refractivity (Wildman–Crippen MR) is 98.5 cm³/mol. The maximum atomic E-state index is 13.4. The minimum Gasteiger partial charge on any atom is -0.394 e. The third kappa shape index (κ3) is 4.43. The Hall–Kier alpha value is -1.05. The summed E-state index contributed by atoms with van der Waals surface area (Å²) in [5.41, 5.74) is 0. The Balaban J connectivity index is 1.65. The molecule has 1 N–H and O–H groups in total. The smallest absolute Gasteiger partial charge is 0.250 e. The van der Waals surface area contributed by atoms with E-state index in [1.54, 1.807) is 11.3 Å². The molecule has 2 aliphatic heterocycles. The zero-order chi connectivity index (χ0) is 18.7. The van der Waals surface area contributed by atoms with Gasteiger partial charge in [0.25, 0.3) is 5.92 Å². The molecule has 2 aliphatic rings. The van der Waals surface area contributed by atoms with E-state index in [4.69, 9.17) is 0 Å². The lowest BCUT2D eigenvalue weighted by atomic mass is 9.87. The van der Waals surface area contributed by atoms with Crippen LogP contribution in [0.5, 0.6) is 0 Å². The molecule has 0 unspecified atom stereocenters. The van der Waals surface area contributed by atoms with Crippen molar-refractivity contribution in [3.05, 3.63) is 22.4 Å². The van der Waals surface area contributed by atoms with Crippen molar-refractivity contribution in [3.63, 3.8) is 0 Å². The van der Waals surface area contributed by atoms with Gasteiger partial charge < -0.3 is 14.9 Å². The highest BCUT2D eigenvalue weighted by Crippen LogP contribution is 2.35. The minimum absolute atomic E-state index is 0.0534. The number of rotatable bonds is 6. The summed E-state index contributed by atoms with van der Waals surface area (Å²) in [5.74, 6) is -2.04. The van der Waals surface area contributed by atoms with Gasteiger partial charge in [-0.05, 0) is 23.3 Å². The van der Waals surface area contributed by atoms with Crippen molar-refractivity contribution >= 4 is 17.2 Å². The lowest BCUT2D eigenvalue weighted by Gasteiger charge is -2.36. The third-order valence-electron chi connectivity index (χ3n) is 5.93. The number of amides is 1. The van der Waals surface area contributed by atoms with Gasteiger partial charge in [-0.2, -0.15) is 0 Å². The molecule has 146 valence electrons. The van der Waals surface area contributed by atoms with E-state index in [1.165, 1.54) is 0 Å². The second kappa shape index (κ2) is 8.31. The Morgan fingerprint density at radius 2 is 2.12 bits per heavy atom. The maximum Gasteiger partial charge on any atom is 0.250 e. The predicted octanol–water partition coefficient (Wildman–Crippen LogP) is 2.87. The van der Waals surface area contributed by atoms with Gasteiger partial charge in [0.05, 0.1) is 19.1 Å². The molecule has 0 bridgehead atoms. The summed E-state index contributed by atoms with van der Waals surface area (Å²) >= 11 is 1.57. The van der Waals surface area contributed by atoms with Crippen LogP contribution in [0.3, 0.4) is 0 Å². The van der Waals surface area contributed by atoms with E-state index < -0.39 is 5.92 Å². The second-order valence-corrected chi connectivity index (χ2v) is 8.57. The monoisotopic (exact) mass is 386 g/mol. The quantitative estimate of drug-likeness (QED) is 0.818. The van der Waals surface area contributed by atoms with Crippen molar-refractivity contribution in [2.45, 2.75) is 44.6 Å². The summed E-state index contributed by atoms with van der Waals surface area (Å²) in [4.78, 5) is 17.7. The Morgan fingerprint density at radius 1 is 1.38 bits per heavy atom. The molecule has 1 aromatic heterocycles. The number of carbonyl (C=O) groups is 1. The van der Waals surface area contributed by atoms with E-state index in [-0.39, 0.29) is 37.3 Å². The number of hydrogen-bond acceptors (Lipinski definition) is 4. The van der Waals surface area contributed by atoms with Gasteiger partial charge in [0.2, 0.25) is 5.91 Å². The number of hydrogen-bond donors (Lipinski definition) is 1. The standard InChI is InChI=1S/C19H28F2N2O2S/c1-2-14-11-23(18(25)10-15-4-3-9-26-15)17(13-24)16(14)12-22-7-5-19(20,21)6-8-22/h3-4,9,14,16-17,24H,2,5-8,10-13H2,1H3/t14-,16-,17-/m1/s1. The average molecular weight is 387 g/mol. The Labute approximate surface area is 157 Å². The Morgan fingerprint density at radius 3 is 2.69 bits per heavy atom. The van der Waals surface area contributed by atoms with E-state index in [0.717, 1.165) is 11.3 Å². The largest absolute Gasteiger partial charge is 0.394 e. The first-order valence-corrected chi connectivity index (χ1v) is 10.3. The van der Waals surface area contributed by atoms with E-state index in [1.807, 2.05) is 22.4 Å². The first-order valence-electron chi connectivity index (χ1n) is 9.46. The molecule has 1 amide bonds. The van der Waals surface area contributed by atoms with Gasteiger partial charge in [0.15, 0.2) is 0 Å². The minimum atomic E-state index is -2.55. The van der Waals surface area contributed by atoms with Crippen LogP contribution >= 0.6 is 11.3 Å². The highest BCUT2D eigenvalue weighted by molar-refractivity contribution is 7.10. The Kier molecular flexibility index (Phi) is 6.30. The van der Waals surface area contributed by atoms with Crippen molar-refractivity contribution in [2.75, 3.05) is 32.8 Å². The molecule has 2 fully saturated rings. The van der Waals surface area contributed by atoms with Crippen LogP contribution < -0.4 is 0 Å². The third-order valence-corrected chi connectivity index (χ3v) is 6.80. The molecule has 4 nitrogen and oxygen atoms in total. The van der Waals surface area contributed by atoms with Gasteiger partial charge in [-0.15, -0.1) is 11.3 Å². The van der Waals surface area contributed by atoms with Crippen LogP contribution in [0.25, 0.3) is 0 Å². The SMILES string of the molecule is CC[C@@H]1CN(C(=O)Cc2cccs2)[C@H](CO)[C@@H]1CN1CCC(F)(F)CC1. The van der Waals surface area contributed by atoms with Crippen LogP contribution in [-0.2, 0) is 11.2 Å². The van der Waals surface area contributed by atoms with Crippen molar-refractivity contribution in [1.82, 2.24) is 9.80 Å². The lowest BCUT2D eigenvalue weighted by molar-refractivity contribution is -0.132. The first-order chi connectivity index (χ1) is 12.4. The summed E-state index contributed by atoms with van der Waals surface area (Å²) in [5, 5.41) is 11.9. The van der Waals surface area contributed by atoms with Crippen LogP contribution in [0.4, 0.5) is 8.78 Å². The normalized spacial score (nSPS) is 29.2. The molecule has 0 spiro atoms. The average Bonchev–Trinajstić information content (AvgIpc) is 3.24. The molecule has 26 heavy (non-hydrogen) atoms. The van der Waals surface area contributed by atoms with Crippen molar-refractivity contribution in [1.29, 1.82) is 0 Å². The van der Waals surface area contributed by atoms with Crippen LogP contribution in [0.2, 0.25) is 0 Å². The van der Waals surface area contributed by atoms with E-state index in [9.17, 15) is 18.7 Å². The highest BCUT2D eigenvalue weighted by atomic mass is 32.1. The first kappa shape index (κ1) is 19.7. The maximum absolute atomic E-state index is 13.4. The summed E-state index contributed by atoms with van der Waals surface area (Å²) in [6.45, 7) is 4.15. The van der Waals surface area contributed by atoms with Crippen LogP contribution in [0.15, 0.2) is 17.5 Å². The number of aliphatic hydroxyl groups is 1. The summed E-state index contributed by atoms with van der Waals surface area (Å²) in [7, 11) is 0. The van der Waals surface area contributed by atoms with Gasteiger partial charge in [0.1, 0.15) is 0 Å². The molecule has 7 heteroatoms. The van der Waals surface area contributed by atoms with Gasteiger partial charge in [0, 0.05) is 43.9 Å². The molecule has 3 rings (SSSR count). The lowest BCUT2D eigenvalue weighted by Crippen LogP contribution is -2.47. The van der Waals surface area contributed by atoms with E-state index in [0.29, 0.717) is 38.5 Å². The van der Waals surface area contributed by atoms with Crippen molar-refractivity contribution in [3.8, 4) is 0 Å². The number of alkyl halides is 2. The molecule has 2 saturated heterocycles. The number of thiophene rings is 1. The summed E-state index contributed by atoms with van der Waals surface area (Å²) < 4.78 is 26.8. The fourth-order valence-corrected chi connectivity index (χ4v) is 5.01. The molecular formula is C19H28F2N2O2S. The Bertz CT molecular complexity index is 586. The van der Waals surface area contributed by atoms with Gasteiger partial charge in [-0.25, -0.2) is 8.78 Å². The summed E-state index contributed by atoms with van der Waals surface area (Å²) in [6, 6.07) is 3.68. The van der Waals surface area contributed by atoms with Crippen LogP contribution in [-0.4, -0.2) is 65.6 Å². The molecule has 0 radical (unpaired) electrons. The van der Waals surface area contributed by atoms with Crippen LogP contribution in [0.1, 0.15) is 31.1 Å². The fraction of sp³-hybridized carbons (Fsp3) is 0.737. The van der Waals surface area contributed by atoms with Gasteiger partial charge >= 0.3 is 0 Å². The molecule has 1 aromatic rings. The number of nitrogens with zero attached hydrogens (tertiary/aromatic N) is 2. The second-order valence-electron chi connectivity index (χ2n) is 7.54.